The number of hydrogen-bond acceptors (Lipinski definition) is 3. The maximum absolute atomic E-state index is 13.4. The number of carbonyl (C=O) groups is 1. The lowest BCUT2D eigenvalue weighted by Gasteiger charge is -2.05. The lowest BCUT2D eigenvalue weighted by molar-refractivity contribution is 0.0950. The molecule has 0 saturated carbocycles. The quantitative estimate of drug-likeness (QED) is 0.872. The van der Waals surface area contributed by atoms with Crippen LogP contribution in [0.5, 0.6) is 5.75 Å². The van der Waals surface area contributed by atoms with Crippen molar-refractivity contribution in [2.24, 2.45) is 7.05 Å². The van der Waals surface area contributed by atoms with Crippen molar-refractivity contribution in [1.82, 2.24) is 15.1 Å². The number of benzene rings is 1. The van der Waals surface area contributed by atoms with E-state index in [1.807, 2.05) is 13.2 Å². The van der Waals surface area contributed by atoms with Gasteiger partial charge in [-0.2, -0.15) is 5.10 Å². The molecule has 0 aliphatic heterocycles. The molecule has 2 rings (SSSR count). The van der Waals surface area contributed by atoms with Crippen LogP contribution in [-0.2, 0) is 13.5 Å². The van der Waals surface area contributed by atoms with Crippen LogP contribution in [0, 0.1) is 5.82 Å². The molecule has 2 aromatic rings. The van der Waals surface area contributed by atoms with Crippen molar-refractivity contribution < 1.29 is 14.3 Å². The zero-order valence-electron chi connectivity index (χ0n) is 10.4. The van der Waals surface area contributed by atoms with Gasteiger partial charge in [-0.15, -0.1) is 0 Å². The van der Waals surface area contributed by atoms with Crippen molar-refractivity contribution in [3.8, 4) is 5.75 Å². The Morgan fingerprint density at radius 3 is 2.95 bits per heavy atom. The third kappa shape index (κ3) is 3.31. The summed E-state index contributed by atoms with van der Waals surface area (Å²) in [4.78, 5) is 11.7. The summed E-state index contributed by atoms with van der Waals surface area (Å²) >= 11 is 0. The second-order valence-corrected chi connectivity index (χ2v) is 4.19. The zero-order valence-corrected chi connectivity index (χ0v) is 10.4. The van der Waals surface area contributed by atoms with E-state index in [1.54, 1.807) is 10.9 Å². The third-order valence-electron chi connectivity index (χ3n) is 2.65. The van der Waals surface area contributed by atoms with Crippen LogP contribution in [0.15, 0.2) is 30.6 Å². The fourth-order valence-electron chi connectivity index (χ4n) is 1.70. The SMILES string of the molecule is Cn1cc(CCNC(=O)c2ccc(O)cc2F)cn1. The number of carbonyl (C=O) groups excluding carboxylic acids is 1. The predicted octanol–water partition coefficient (Wildman–Crippen LogP) is 1.24. The largest absolute Gasteiger partial charge is 0.508 e. The molecule has 0 spiro atoms. The summed E-state index contributed by atoms with van der Waals surface area (Å²) in [6.45, 7) is 0.394. The van der Waals surface area contributed by atoms with Gasteiger partial charge in [0, 0.05) is 25.9 Å². The summed E-state index contributed by atoms with van der Waals surface area (Å²) in [7, 11) is 1.81. The van der Waals surface area contributed by atoms with Gasteiger partial charge < -0.3 is 10.4 Å². The number of nitrogens with one attached hydrogen (secondary N) is 1. The van der Waals surface area contributed by atoms with Gasteiger partial charge in [-0.3, -0.25) is 9.48 Å². The lowest BCUT2D eigenvalue weighted by atomic mass is 10.2. The maximum atomic E-state index is 13.4. The number of halogens is 1. The first kappa shape index (κ1) is 13.1. The molecule has 6 heteroatoms. The molecule has 1 heterocycles. The van der Waals surface area contributed by atoms with E-state index in [9.17, 15) is 9.18 Å². The summed E-state index contributed by atoms with van der Waals surface area (Å²) in [5, 5.41) is 15.7. The Bertz CT molecular complexity index is 595. The standard InChI is InChI=1S/C13H14FN3O2/c1-17-8-9(7-16-17)4-5-15-13(19)11-3-2-10(18)6-12(11)14/h2-3,6-8,18H,4-5H2,1H3,(H,15,19). The van der Waals surface area contributed by atoms with Gasteiger partial charge in [0.05, 0.1) is 11.8 Å². The van der Waals surface area contributed by atoms with Crippen molar-refractivity contribution in [1.29, 1.82) is 0 Å². The van der Waals surface area contributed by atoms with Crippen LogP contribution >= 0.6 is 0 Å². The van der Waals surface area contributed by atoms with E-state index in [4.69, 9.17) is 5.11 Å². The Labute approximate surface area is 109 Å². The number of phenols is 1. The van der Waals surface area contributed by atoms with Crippen molar-refractivity contribution >= 4 is 5.91 Å². The second-order valence-electron chi connectivity index (χ2n) is 4.19. The number of hydrogen-bond donors (Lipinski definition) is 2. The fourth-order valence-corrected chi connectivity index (χ4v) is 1.70. The van der Waals surface area contributed by atoms with Crippen LogP contribution in [0.25, 0.3) is 0 Å². The molecule has 19 heavy (non-hydrogen) atoms. The molecule has 0 saturated heterocycles. The van der Waals surface area contributed by atoms with Gasteiger partial charge in [0.15, 0.2) is 0 Å². The number of aromatic hydroxyl groups is 1. The minimum Gasteiger partial charge on any atom is -0.508 e. The molecule has 1 aromatic heterocycles. The van der Waals surface area contributed by atoms with Gasteiger partial charge in [0.1, 0.15) is 11.6 Å². The first-order valence-electron chi connectivity index (χ1n) is 5.80. The van der Waals surface area contributed by atoms with E-state index in [-0.39, 0.29) is 11.3 Å². The molecule has 0 aliphatic carbocycles. The van der Waals surface area contributed by atoms with Crippen molar-refractivity contribution in [2.45, 2.75) is 6.42 Å². The summed E-state index contributed by atoms with van der Waals surface area (Å²) in [5.74, 6) is -1.44. The van der Waals surface area contributed by atoms with Gasteiger partial charge in [-0.25, -0.2) is 4.39 Å². The highest BCUT2D eigenvalue weighted by molar-refractivity contribution is 5.94. The predicted molar refractivity (Wildman–Crippen MR) is 67.3 cm³/mol. The normalized spacial score (nSPS) is 10.4. The van der Waals surface area contributed by atoms with Crippen LogP contribution in [0.2, 0.25) is 0 Å². The Balaban J connectivity index is 1.90. The maximum Gasteiger partial charge on any atom is 0.254 e. The molecule has 0 fully saturated rings. The number of rotatable bonds is 4. The Morgan fingerprint density at radius 1 is 1.53 bits per heavy atom. The number of phenolic OH excluding ortho intramolecular Hbond substituents is 1. The van der Waals surface area contributed by atoms with Crippen LogP contribution in [0.1, 0.15) is 15.9 Å². The highest BCUT2D eigenvalue weighted by Gasteiger charge is 2.11. The number of amides is 1. The fraction of sp³-hybridized carbons (Fsp3) is 0.231. The topological polar surface area (TPSA) is 67.2 Å². The van der Waals surface area contributed by atoms with Crippen molar-refractivity contribution in [2.75, 3.05) is 6.54 Å². The zero-order chi connectivity index (χ0) is 13.8. The molecule has 100 valence electrons. The highest BCUT2D eigenvalue weighted by Crippen LogP contribution is 2.14. The van der Waals surface area contributed by atoms with E-state index in [0.717, 1.165) is 11.6 Å². The van der Waals surface area contributed by atoms with Gasteiger partial charge in [0.25, 0.3) is 5.91 Å². The highest BCUT2D eigenvalue weighted by atomic mass is 19.1. The Morgan fingerprint density at radius 2 is 2.32 bits per heavy atom. The van der Waals surface area contributed by atoms with Gasteiger partial charge in [-0.05, 0) is 24.1 Å². The van der Waals surface area contributed by atoms with Crippen molar-refractivity contribution in [3.05, 3.63) is 47.5 Å². The summed E-state index contributed by atoms with van der Waals surface area (Å²) in [6, 6.07) is 3.44. The molecule has 1 amide bonds. The van der Waals surface area contributed by atoms with E-state index < -0.39 is 11.7 Å². The Kier molecular flexibility index (Phi) is 3.79. The van der Waals surface area contributed by atoms with Crippen LogP contribution in [-0.4, -0.2) is 27.3 Å². The summed E-state index contributed by atoms with van der Waals surface area (Å²) < 4.78 is 15.1. The molecule has 0 bridgehead atoms. The smallest absolute Gasteiger partial charge is 0.254 e. The first-order chi connectivity index (χ1) is 9.06. The third-order valence-corrected chi connectivity index (χ3v) is 2.65. The molecule has 1 aromatic carbocycles. The average Bonchev–Trinajstić information content (AvgIpc) is 2.75. The van der Waals surface area contributed by atoms with E-state index in [1.165, 1.54) is 12.1 Å². The van der Waals surface area contributed by atoms with Gasteiger partial charge >= 0.3 is 0 Å². The average molecular weight is 263 g/mol. The van der Waals surface area contributed by atoms with E-state index >= 15 is 0 Å². The second kappa shape index (κ2) is 5.51. The van der Waals surface area contributed by atoms with Gasteiger partial charge in [-0.1, -0.05) is 0 Å². The number of nitrogens with zero attached hydrogens (tertiary/aromatic N) is 2. The lowest BCUT2D eigenvalue weighted by Crippen LogP contribution is -2.26. The van der Waals surface area contributed by atoms with Crippen LogP contribution in [0.3, 0.4) is 0 Å². The molecule has 0 unspecified atom stereocenters. The molecule has 0 radical (unpaired) electrons. The minimum absolute atomic E-state index is 0.0796. The molecular weight excluding hydrogens is 249 g/mol. The Hall–Kier alpha value is -2.37. The molecule has 0 aliphatic rings. The molecule has 0 atom stereocenters. The monoisotopic (exact) mass is 263 g/mol. The number of aryl methyl sites for hydroxylation is 1. The van der Waals surface area contributed by atoms with Crippen LogP contribution < -0.4 is 5.32 Å². The molecular formula is C13H14FN3O2. The first-order valence-corrected chi connectivity index (χ1v) is 5.80. The molecule has 2 N–H and O–H groups in total. The molecule has 5 nitrogen and oxygen atoms in total. The van der Waals surface area contributed by atoms with Crippen LogP contribution in [0.4, 0.5) is 4.39 Å². The summed E-state index contributed by atoms with van der Waals surface area (Å²) in [5.41, 5.74) is 0.915. The minimum atomic E-state index is -0.737. The van der Waals surface area contributed by atoms with Crippen molar-refractivity contribution in [3.63, 3.8) is 0 Å². The van der Waals surface area contributed by atoms with Gasteiger partial charge in [0.2, 0.25) is 0 Å². The number of aromatic nitrogens is 2. The summed E-state index contributed by atoms with van der Waals surface area (Å²) in [6.07, 6.45) is 4.19. The van der Waals surface area contributed by atoms with E-state index in [2.05, 4.69) is 10.4 Å². The van der Waals surface area contributed by atoms with E-state index in [0.29, 0.717) is 13.0 Å².